The number of carbonyl (C=O) groups is 1. The van der Waals surface area contributed by atoms with E-state index in [1.807, 2.05) is 24.1 Å². The van der Waals surface area contributed by atoms with E-state index in [2.05, 4.69) is 37.8 Å². The molecule has 1 aliphatic heterocycles. The Hall–Kier alpha value is -2.90. The number of benzene rings is 1. The zero-order valence-electron chi connectivity index (χ0n) is 14.6. The molecule has 0 radical (unpaired) electrons. The molecule has 8 heteroatoms. The van der Waals surface area contributed by atoms with Crippen LogP contribution in [0, 0.1) is 0 Å². The van der Waals surface area contributed by atoms with Crippen molar-refractivity contribution in [2.24, 2.45) is 12.0 Å². The second-order valence-corrected chi connectivity index (χ2v) is 5.91. The minimum absolute atomic E-state index is 0.0658. The van der Waals surface area contributed by atoms with Crippen molar-refractivity contribution >= 4 is 11.9 Å². The molecule has 0 bridgehead atoms. The summed E-state index contributed by atoms with van der Waals surface area (Å²) in [4.78, 5) is 22.6. The summed E-state index contributed by atoms with van der Waals surface area (Å²) in [5.74, 6) is 1.42. The van der Waals surface area contributed by atoms with E-state index < -0.39 is 0 Å². The van der Waals surface area contributed by atoms with E-state index in [0.717, 1.165) is 18.8 Å². The van der Waals surface area contributed by atoms with Gasteiger partial charge < -0.3 is 15.5 Å². The third-order valence-corrected chi connectivity index (χ3v) is 4.33. The summed E-state index contributed by atoms with van der Waals surface area (Å²) in [5, 5.41) is 10.2. The summed E-state index contributed by atoms with van der Waals surface area (Å²) in [6.45, 7) is 2.12. The molecule has 0 atom stereocenters. The monoisotopic (exact) mass is 341 g/mol. The highest BCUT2D eigenvalue weighted by Gasteiger charge is 2.20. The third kappa shape index (κ3) is 4.14. The van der Waals surface area contributed by atoms with Crippen molar-refractivity contribution in [1.82, 2.24) is 30.3 Å². The Bertz CT molecular complexity index is 768. The van der Waals surface area contributed by atoms with Crippen molar-refractivity contribution in [3.63, 3.8) is 0 Å². The highest BCUT2D eigenvalue weighted by Crippen LogP contribution is 2.18. The van der Waals surface area contributed by atoms with Gasteiger partial charge in [0.2, 0.25) is 5.91 Å². The lowest BCUT2D eigenvalue weighted by Crippen LogP contribution is -2.45. The lowest BCUT2D eigenvalue weighted by Gasteiger charge is -2.29. The Morgan fingerprint density at radius 3 is 2.80 bits per heavy atom. The molecule has 25 heavy (non-hydrogen) atoms. The second kappa shape index (κ2) is 7.78. The highest BCUT2D eigenvalue weighted by molar-refractivity contribution is 5.86. The Balaban J connectivity index is 1.49. The van der Waals surface area contributed by atoms with Gasteiger partial charge >= 0.3 is 0 Å². The first-order valence-electron chi connectivity index (χ1n) is 8.29. The molecule has 1 aromatic heterocycles. The Morgan fingerprint density at radius 2 is 2.08 bits per heavy atom. The number of aliphatic imine (C=N–C) groups is 1. The number of nitrogens with zero attached hydrogens (tertiary/aromatic N) is 5. The van der Waals surface area contributed by atoms with Gasteiger partial charge in [-0.2, -0.15) is 5.10 Å². The SMILES string of the molecule is CN=C(NCC(=O)N1CCc2ccccc2C1)NCc1ncnn1C. The van der Waals surface area contributed by atoms with Crippen LogP contribution in [0.4, 0.5) is 0 Å². The summed E-state index contributed by atoms with van der Waals surface area (Å²) in [6, 6.07) is 8.28. The van der Waals surface area contributed by atoms with E-state index in [0.29, 0.717) is 19.0 Å². The van der Waals surface area contributed by atoms with Crippen LogP contribution in [0.15, 0.2) is 35.6 Å². The third-order valence-electron chi connectivity index (χ3n) is 4.33. The first-order chi connectivity index (χ1) is 12.2. The van der Waals surface area contributed by atoms with Crippen LogP contribution in [0.1, 0.15) is 17.0 Å². The number of rotatable bonds is 4. The first-order valence-corrected chi connectivity index (χ1v) is 8.29. The smallest absolute Gasteiger partial charge is 0.242 e. The van der Waals surface area contributed by atoms with Crippen LogP contribution in [-0.2, 0) is 31.4 Å². The predicted molar refractivity (Wildman–Crippen MR) is 94.8 cm³/mol. The maximum Gasteiger partial charge on any atom is 0.242 e. The molecule has 0 aliphatic carbocycles. The van der Waals surface area contributed by atoms with Crippen LogP contribution in [0.2, 0.25) is 0 Å². The molecule has 132 valence electrons. The van der Waals surface area contributed by atoms with Gasteiger partial charge in [0.15, 0.2) is 5.96 Å². The predicted octanol–water partition coefficient (Wildman–Crippen LogP) is 0.0650. The average molecular weight is 341 g/mol. The lowest BCUT2D eigenvalue weighted by molar-refractivity contribution is -0.130. The van der Waals surface area contributed by atoms with Gasteiger partial charge in [-0.05, 0) is 17.5 Å². The van der Waals surface area contributed by atoms with Crippen molar-refractivity contribution in [1.29, 1.82) is 0 Å². The van der Waals surface area contributed by atoms with Crippen molar-refractivity contribution in [3.05, 3.63) is 47.5 Å². The topological polar surface area (TPSA) is 87.4 Å². The van der Waals surface area contributed by atoms with Gasteiger partial charge in [0, 0.05) is 27.2 Å². The van der Waals surface area contributed by atoms with Crippen LogP contribution >= 0.6 is 0 Å². The Kier molecular flexibility index (Phi) is 5.27. The van der Waals surface area contributed by atoms with Crippen molar-refractivity contribution in [2.45, 2.75) is 19.5 Å². The van der Waals surface area contributed by atoms with Gasteiger partial charge in [0.05, 0.1) is 13.1 Å². The maximum absolute atomic E-state index is 12.5. The normalized spacial score (nSPS) is 14.2. The van der Waals surface area contributed by atoms with Gasteiger partial charge in [-0.15, -0.1) is 0 Å². The van der Waals surface area contributed by atoms with Crippen LogP contribution < -0.4 is 10.6 Å². The number of amides is 1. The quantitative estimate of drug-likeness (QED) is 0.607. The Labute approximate surface area is 147 Å². The minimum Gasteiger partial charge on any atom is -0.349 e. The fraction of sp³-hybridized carbons (Fsp3) is 0.412. The molecular formula is C17H23N7O. The molecule has 1 aromatic carbocycles. The fourth-order valence-corrected chi connectivity index (χ4v) is 2.84. The van der Waals surface area contributed by atoms with Crippen LogP contribution in [0.5, 0.6) is 0 Å². The van der Waals surface area contributed by atoms with Gasteiger partial charge in [0.1, 0.15) is 12.2 Å². The van der Waals surface area contributed by atoms with Gasteiger partial charge in [-0.1, -0.05) is 24.3 Å². The van der Waals surface area contributed by atoms with Crippen LogP contribution in [-0.4, -0.2) is 51.7 Å². The number of guanidine groups is 1. The number of aromatic nitrogens is 3. The van der Waals surface area contributed by atoms with Gasteiger partial charge in [0.25, 0.3) is 0 Å². The molecule has 2 aromatic rings. The summed E-state index contributed by atoms with van der Waals surface area (Å²) >= 11 is 0. The van der Waals surface area contributed by atoms with Gasteiger partial charge in [-0.3, -0.25) is 14.5 Å². The molecule has 0 spiro atoms. The van der Waals surface area contributed by atoms with E-state index in [1.54, 1.807) is 11.7 Å². The van der Waals surface area contributed by atoms with E-state index in [1.165, 1.54) is 17.5 Å². The number of hydrogen-bond donors (Lipinski definition) is 2. The molecule has 0 unspecified atom stereocenters. The van der Waals surface area contributed by atoms with Gasteiger partial charge in [-0.25, -0.2) is 4.98 Å². The summed E-state index contributed by atoms with van der Waals surface area (Å²) in [7, 11) is 3.51. The standard InChI is InChI=1S/C17H23N7O/c1-18-17(19-9-15-21-12-22-23(15)2)20-10-16(25)24-8-7-13-5-3-4-6-14(13)11-24/h3-6,12H,7-11H2,1-2H3,(H2,18,19,20). The van der Waals surface area contributed by atoms with Crippen LogP contribution in [0.3, 0.4) is 0 Å². The van der Waals surface area contributed by atoms with Crippen molar-refractivity contribution < 1.29 is 4.79 Å². The molecular weight excluding hydrogens is 318 g/mol. The number of aryl methyl sites for hydroxylation is 1. The molecule has 2 N–H and O–H groups in total. The van der Waals surface area contributed by atoms with Crippen molar-refractivity contribution in [2.75, 3.05) is 20.1 Å². The summed E-state index contributed by atoms with van der Waals surface area (Å²) in [6.07, 6.45) is 2.41. The van der Waals surface area contributed by atoms with E-state index >= 15 is 0 Å². The number of hydrogen-bond acceptors (Lipinski definition) is 4. The highest BCUT2D eigenvalue weighted by atomic mass is 16.2. The first kappa shape index (κ1) is 16.9. The van der Waals surface area contributed by atoms with E-state index in [4.69, 9.17) is 0 Å². The molecule has 1 aliphatic rings. The van der Waals surface area contributed by atoms with E-state index in [-0.39, 0.29) is 12.5 Å². The Morgan fingerprint density at radius 1 is 1.28 bits per heavy atom. The summed E-state index contributed by atoms with van der Waals surface area (Å²) in [5.41, 5.74) is 2.56. The largest absolute Gasteiger partial charge is 0.349 e. The molecule has 3 rings (SSSR count). The molecule has 2 heterocycles. The molecule has 1 amide bonds. The average Bonchev–Trinajstić information content (AvgIpc) is 3.06. The summed E-state index contributed by atoms with van der Waals surface area (Å²) < 4.78 is 1.69. The zero-order valence-corrected chi connectivity index (χ0v) is 14.6. The number of nitrogens with one attached hydrogen (secondary N) is 2. The number of fused-ring (bicyclic) bond motifs is 1. The number of carbonyl (C=O) groups excluding carboxylic acids is 1. The molecule has 0 saturated heterocycles. The fourth-order valence-electron chi connectivity index (χ4n) is 2.84. The molecule has 0 fully saturated rings. The van der Waals surface area contributed by atoms with Crippen molar-refractivity contribution in [3.8, 4) is 0 Å². The van der Waals surface area contributed by atoms with Crippen LogP contribution in [0.25, 0.3) is 0 Å². The van der Waals surface area contributed by atoms with E-state index in [9.17, 15) is 4.79 Å². The zero-order chi connectivity index (χ0) is 17.6. The second-order valence-electron chi connectivity index (χ2n) is 5.91. The maximum atomic E-state index is 12.5. The minimum atomic E-state index is 0.0658. The lowest BCUT2D eigenvalue weighted by atomic mass is 10.00. The molecule has 0 saturated carbocycles. The molecule has 8 nitrogen and oxygen atoms in total.